The van der Waals surface area contributed by atoms with Crippen molar-refractivity contribution in [2.75, 3.05) is 11.9 Å². The monoisotopic (exact) mass is 298 g/mol. The highest BCUT2D eigenvalue weighted by molar-refractivity contribution is 7.16. The molecule has 112 valence electrons. The molecule has 1 atom stereocenters. The maximum atomic E-state index is 12.1. The van der Waals surface area contributed by atoms with E-state index < -0.39 is 12.0 Å². The second-order valence-corrected chi connectivity index (χ2v) is 6.91. The maximum Gasteiger partial charge on any atom is 0.341 e. The molecule has 0 fully saturated rings. The van der Waals surface area contributed by atoms with Gasteiger partial charge in [0.25, 0.3) is 0 Å². The highest BCUT2D eigenvalue weighted by Gasteiger charge is 2.29. The van der Waals surface area contributed by atoms with Gasteiger partial charge in [0.15, 0.2) is 0 Å². The number of hydrogen-bond donors (Lipinski definition) is 2. The lowest BCUT2D eigenvalue weighted by Gasteiger charge is -2.25. The van der Waals surface area contributed by atoms with Gasteiger partial charge in [-0.25, -0.2) is 4.79 Å². The number of nitrogens with two attached hydrogens (primary N) is 1. The molecule has 5 nitrogen and oxygen atoms in total. The summed E-state index contributed by atoms with van der Waals surface area (Å²) in [6, 6.07) is 1.06. The number of carbonyl (C=O) groups is 2. The molecule has 0 unspecified atom stereocenters. The molecule has 0 radical (unpaired) electrons. The van der Waals surface area contributed by atoms with Gasteiger partial charge in [-0.3, -0.25) is 4.79 Å². The highest BCUT2D eigenvalue weighted by Crippen LogP contribution is 2.29. The van der Waals surface area contributed by atoms with Crippen LogP contribution >= 0.6 is 11.3 Å². The average Bonchev–Trinajstić information content (AvgIpc) is 2.68. The van der Waals surface area contributed by atoms with Crippen molar-refractivity contribution in [3.05, 3.63) is 16.5 Å². The first-order valence-corrected chi connectivity index (χ1v) is 7.32. The molecule has 0 saturated carbocycles. The molecule has 6 heteroatoms. The zero-order chi connectivity index (χ0) is 15.5. The summed E-state index contributed by atoms with van der Waals surface area (Å²) in [5, 5.41) is 3.22. The number of thiophene rings is 1. The third-order valence-corrected chi connectivity index (χ3v) is 3.77. The SMILES string of the molecule is CCOC(=O)c1cc(C)sc1NC(=O)[C@H](N)C(C)(C)C. The molecule has 3 N–H and O–H groups in total. The predicted molar refractivity (Wildman–Crippen MR) is 81.1 cm³/mol. The van der Waals surface area contributed by atoms with Gasteiger partial charge in [0.2, 0.25) is 5.91 Å². The van der Waals surface area contributed by atoms with Crippen LogP contribution < -0.4 is 11.1 Å². The number of nitrogens with one attached hydrogen (secondary N) is 1. The first kappa shape index (κ1) is 16.7. The van der Waals surface area contributed by atoms with Crippen LogP contribution in [0.3, 0.4) is 0 Å². The number of amides is 1. The second-order valence-electron chi connectivity index (χ2n) is 5.65. The summed E-state index contributed by atoms with van der Waals surface area (Å²) in [5.41, 5.74) is 5.94. The van der Waals surface area contributed by atoms with E-state index in [9.17, 15) is 9.59 Å². The number of aryl methyl sites for hydroxylation is 1. The Hall–Kier alpha value is -1.40. The molecule has 0 aliphatic rings. The molecular weight excluding hydrogens is 276 g/mol. The van der Waals surface area contributed by atoms with E-state index in [1.807, 2.05) is 27.7 Å². The van der Waals surface area contributed by atoms with E-state index >= 15 is 0 Å². The first-order valence-electron chi connectivity index (χ1n) is 6.50. The molecule has 0 aromatic carbocycles. The summed E-state index contributed by atoms with van der Waals surface area (Å²) in [5.74, 6) is -0.735. The Kier molecular flexibility index (Phi) is 5.30. The third-order valence-electron chi connectivity index (χ3n) is 2.80. The van der Waals surface area contributed by atoms with Crippen LogP contribution in [0, 0.1) is 12.3 Å². The van der Waals surface area contributed by atoms with Gasteiger partial charge in [-0.2, -0.15) is 0 Å². The molecule has 0 aliphatic heterocycles. The highest BCUT2D eigenvalue weighted by atomic mass is 32.1. The summed E-state index contributed by atoms with van der Waals surface area (Å²) < 4.78 is 4.98. The van der Waals surface area contributed by atoms with Crippen molar-refractivity contribution in [1.82, 2.24) is 0 Å². The van der Waals surface area contributed by atoms with E-state index in [1.165, 1.54) is 11.3 Å². The summed E-state index contributed by atoms with van der Waals surface area (Å²) in [7, 11) is 0. The minimum atomic E-state index is -0.653. The Morgan fingerprint density at radius 3 is 2.55 bits per heavy atom. The van der Waals surface area contributed by atoms with Crippen molar-refractivity contribution in [3.8, 4) is 0 Å². The van der Waals surface area contributed by atoms with Crippen molar-refractivity contribution in [2.45, 2.75) is 40.7 Å². The van der Waals surface area contributed by atoms with Gasteiger partial charge in [0, 0.05) is 4.88 Å². The molecule has 1 aromatic rings. The van der Waals surface area contributed by atoms with Gasteiger partial charge in [0.1, 0.15) is 5.00 Å². The normalized spacial score (nSPS) is 12.9. The first-order chi connectivity index (χ1) is 9.16. The van der Waals surface area contributed by atoms with Crippen molar-refractivity contribution in [3.63, 3.8) is 0 Å². The number of hydrogen-bond acceptors (Lipinski definition) is 5. The minimum absolute atomic E-state index is 0.294. The second kappa shape index (κ2) is 6.37. The molecule has 1 heterocycles. The van der Waals surface area contributed by atoms with E-state index in [2.05, 4.69) is 5.32 Å². The Bertz CT molecular complexity index is 503. The number of ether oxygens (including phenoxy) is 1. The Morgan fingerprint density at radius 2 is 2.05 bits per heavy atom. The van der Waals surface area contributed by atoms with E-state index in [1.54, 1.807) is 13.0 Å². The average molecular weight is 298 g/mol. The molecular formula is C14H22N2O3S. The standard InChI is InChI=1S/C14H22N2O3S/c1-6-19-13(18)9-7-8(2)20-12(9)16-11(17)10(15)14(3,4)5/h7,10H,6,15H2,1-5H3,(H,16,17)/t10-/m0/s1. The van der Waals surface area contributed by atoms with Gasteiger partial charge in [-0.05, 0) is 25.3 Å². The van der Waals surface area contributed by atoms with Gasteiger partial charge in [0.05, 0.1) is 18.2 Å². The lowest BCUT2D eigenvalue weighted by Crippen LogP contribution is -2.45. The smallest absolute Gasteiger partial charge is 0.341 e. The van der Waals surface area contributed by atoms with Crippen LogP contribution in [0.2, 0.25) is 0 Å². The zero-order valence-corrected chi connectivity index (χ0v) is 13.4. The topological polar surface area (TPSA) is 81.4 Å². The Morgan fingerprint density at radius 1 is 1.45 bits per heavy atom. The van der Waals surface area contributed by atoms with Crippen LogP contribution in [-0.2, 0) is 9.53 Å². The summed E-state index contributed by atoms with van der Waals surface area (Å²) in [6.07, 6.45) is 0. The number of rotatable bonds is 4. The van der Waals surface area contributed by atoms with Crippen LogP contribution in [0.25, 0.3) is 0 Å². The lowest BCUT2D eigenvalue weighted by atomic mass is 9.87. The molecule has 1 aromatic heterocycles. The van der Waals surface area contributed by atoms with Crippen molar-refractivity contribution in [2.24, 2.45) is 11.1 Å². The predicted octanol–water partition coefficient (Wildman–Crippen LogP) is 2.55. The van der Waals surface area contributed by atoms with Gasteiger partial charge < -0.3 is 15.8 Å². The van der Waals surface area contributed by atoms with E-state index in [-0.39, 0.29) is 11.3 Å². The summed E-state index contributed by atoms with van der Waals surface area (Å²) in [6.45, 7) is 9.58. The quantitative estimate of drug-likeness (QED) is 0.837. The fraction of sp³-hybridized carbons (Fsp3) is 0.571. The molecule has 0 saturated heterocycles. The fourth-order valence-electron chi connectivity index (χ4n) is 1.55. The fourth-order valence-corrected chi connectivity index (χ4v) is 2.45. The molecule has 0 spiro atoms. The van der Waals surface area contributed by atoms with Gasteiger partial charge >= 0.3 is 5.97 Å². The maximum absolute atomic E-state index is 12.1. The van der Waals surface area contributed by atoms with Crippen LogP contribution in [0.5, 0.6) is 0 Å². The number of anilines is 1. The number of carbonyl (C=O) groups excluding carboxylic acids is 2. The van der Waals surface area contributed by atoms with Crippen molar-refractivity contribution >= 4 is 28.2 Å². The van der Waals surface area contributed by atoms with Crippen molar-refractivity contribution in [1.29, 1.82) is 0 Å². The Labute approximate surface area is 123 Å². The lowest BCUT2D eigenvalue weighted by molar-refractivity contribution is -0.119. The molecule has 0 aliphatic carbocycles. The summed E-state index contributed by atoms with van der Waals surface area (Å²) >= 11 is 1.34. The van der Waals surface area contributed by atoms with Crippen LogP contribution in [-0.4, -0.2) is 24.5 Å². The largest absolute Gasteiger partial charge is 0.462 e. The van der Waals surface area contributed by atoms with Gasteiger partial charge in [-0.1, -0.05) is 20.8 Å². The van der Waals surface area contributed by atoms with Gasteiger partial charge in [-0.15, -0.1) is 11.3 Å². The van der Waals surface area contributed by atoms with E-state index in [0.717, 1.165) is 4.88 Å². The Balaban J connectivity index is 2.93. The number of esters is 1. The molecule has 1 rings (SSSR count). The van der Waals surface area contributed by atoms with E-state index in [0.29, 0.717) is 17.2 Å². The zero-order valence-electron chi connectivity index (χ0n) is 12.6. The molecule has 20 heavy (non-hydrogen) atoms. The minimum Gasteiger partial charge on any atom is -0.462 e. The van der Waals surface area contributed by atoms with E-state index in [4.69, 9.17) is 10.5 Å². The third kappa shape index (κ3) is 4.05. The van der Waals surface area contributed by atoms with Crippen molar-refractivity contribution < 1.29 is 14.3 Å². The van der Waals surface area contributed by atoms with Crippen LogP contribution in [0.1, 0.15) is 42.9 Å². The molecule has 1 amide bonds. The van der Waals surface area contributed by atoms with Crippen LogP contribution in [0.15, 0.2) is 6.07 Å². The summed E-state index contributed by atoms with van der Waals surface area (Å²) in [4.78, 5) is 24.9. The van der Waals surface area contributed by atoms with Crippen LogP contribution in [0.4, 0.5) is 5.00 Å². The molecule has 0 bridgehead atoms.